The molecule has 2 N–H and O–H groups in total. The first-order valence-corrected chi connectivity index (χ1v) is 11.2. The Bertz CT molecular complexity index is 910. The summed E-state index contributed by atoms with van der Waals surface area (Å²) in [6, 6.07) is 10.9. The molecule has 31 heavy (non-hydrogen) atoms. The summed E-state index contributed by atoms with van der Waals surface area (Å²) in [6.45, 7) is 2.29. The van der Waals surface area contributed by atoms with Crippen molar-refractivity contribution in [1.82, 2.24) is 5.32 Å². The van der Waals surface area contributed by atoms with Crippen LogP contribution < -0.4 is 19.7 Å². The fraction of sp³-hybridized carbons (Fsp3) is 0.480. The lowest BCUT2D eigenvalue weighted by molar-refractivity contribution is -0.945. The summed E-state index contributed by atoms with van der Waals surface area (Å²) < 4.78 is 24.4. The molecule has 0 aromatic heterocycles. The lowest BCUT2D eigenvalue weighted by Gasteiger charge is -2.35. The number of nitrogens with one attached hydrogen (secondary N) is 2. The lowest BCUT2D eigenvalue weighted by atomic mass is 9.91. The fourth-order valence-corrected chi connectivity index (χ4v) is 5.03. The number of benzene rings is 2. The molecule has 6 heteroatoms. The Morgan fingerprint density at radius 2 is 1.77 bits per heavy atom. The van der Waals surface area contributed by atoms with Crippen molar-refractivity contribution in [3.63, 3.8) is 0 Å². The van der Waals surface area contributed by atoms with Crippen LogP contribution in [-0.2, 0) is 17.8 Å². The molecule has 4 rings (SSSR count). The van der Waals surface area contributed by atoms with E-state index >= 15 is 0 Å². The van der Waals surface area contributed by atoms with E-state index in [9.17, 15) is 9.18 Å². The van der Waals surface area contributed by atoms with E-state index in [4.69, 9.17) is 9.47 Å². The maximum Gasteiger partial charge on any atom is 0.223 e. The van der Waals surface area contributed by atoms with Gasteiger partial charge < -0.3 is 19.7 Å². The zero-order valence-electron chi connectivity index (χ0n) is 18.4. The number of ether oxygens (including phenoxy) is 2. The number of rotatable bonds is 7. The fourth-order valence-electron chi connectivity index (χ4n) is 5.03. The second-order valence-electron chi connectivity index (χ2n) is 8.65. The van der Waals surface area contributed by atoms with Gasteiger partial charge in [-0.1, -0.05) is 25.0 Å². The topological polar surface area (TPSA) is 52.0 Å². The van der Waals surface area contributed by atoms with Crippen molar-refractivity contribution in [2.75, 3.05) is 27.3 Å². The van der Waals surface area contributed by atoms with E-state index in [0.717, 1.165) is 56.5 Å². The third kappa shape index (κ3) is 4.85. The number of carbonyl (C=O) groups excluding carboxylic acids is 1. The van der Waals surface area contributed by atoms with E-state index < -0.39 is 0 Å². The Kier molecular flexibility index (Phi) is 6.76. The van der Waals surface area contributed by atoms with E-state index in [0.29, 0.717) is 12.3 Å². The van der Waals surface area contributed by atoms with Crippen LogP contribution in [0.4, 0.5) is 4.39 Å². The summed E-state index contributed by atoms with van der Waals surface area (Å²) in [5, 5.41) is 3.23. The highest BCUT2D eigenvalue weighted by atomic mass is 19.1. The van der Waals surface area contributed by atoms with Gasteiger partial charge in [-0.25, -0.2) is 4.39 Å². The molecule has 1 fully saturated rings. The van der Waals surface area contributed by atoms with Gasteiger partial charge in [0.05, 0.1) is 27.3 Å². The summed E-state index contributed by atoms with van der Waals surface area (Å²) in [5.74, 6) is 1.54. The van der Waals surface area contributed by atoms with E-state index in [1.165, 1.54) is 28.2 Å². The predicted molar refractivity (Wildman–Crippen MR) is 117 cm³/mol. The van der Waals surface area contributed by atoms with E-state index in [1.54, 1.807) is 14.2 Å². The molecule has 2 aromatic carbocycles. The molecule has 166 valence electrons. The Morgan fingerprint density at radius 3 is 2.45 bits per heavy atom. The summed E-state index contributed by atoms with van der Waals surface area (Å²) in [6.07, 6.45) is 5.18. The standard InChI is InChI=1S/C25H31FN2O3/c1-30-23-13-19-11-12-28(16-17-7-9-20(26)10-8-17)22(21(19)14-24(23)31-2)15-27-25(29)18-5-3-4-6-18/h7-10,13-14,18,22H,3-6,11-12,15-16H2,1-2H3,(H,27,29)/p+1/t22-/m1/s1. The van der Waals surface area contributed by atoms with Gasteiger partial charge in [0.1, 0.15) is 18.4 Å². The summed E-state index contributed by atoms with van der Waals surface area (Å²) in [7, 11) is 3.30. The van der Waals surface area contributed by atoms with E-state index in [-0.39, 0.29) is 23.7 Å². The van der Waals surface area contributed by atoms with Gasteiger partial charge in [0.25, 0.3) is 0 Å². The average molecular weight is 428 g/mol. The van der Waals surface area contributed by atoms with Crippen molar-refractivity contribution < 1.29 is 23.6 Å². The molecule has 0 radical (unpaired) electrons. The molecular weight excluding hydrogens is 395 g/mol. The zero-order valence-corrected chi connectivity index (χ0v) is 18.4. The first-order valence-electron chi connectivity index (χ1n) is 11.2. The molecule has 1 heterocycles. The van der Waals surface area contributed by atoms with Crippen LogP contribution in [0.1, 0.15) is 48.4 Å². The van der Waals surface area contributed by atoms with Crippen LogP contribution in [0.2, 0.25) is 0 Å². The number of halogens is 1. The maximum atomic E-state index is 13.4. The molecule has 2 atom stereocenters. The summed E-state index contributed by atoms with van der Waals surface area (Å²) in [4.78, 5) is 14.1. The van der Waals surface area contributed by atoms with Gasteiger partial charge in [0, 0.05) is 23.5 Å². The van der Waals surface area contributed by atoms with Crippen LogP contribution in [0.3, 0.4) is 0 Å². The Balaban J connectivity index is 1.59. The molecule has 1 saturated carbocycles. The predicted octanol–water partition coefficient (Wildman–Crippen LogP) is 2.83. The quantitative estimate of drug-likeness (QED) is 0.715. The molecule has 0 spiro atoms. The molecule has 1 aliphatic carbocycles. The monoisotopic (exact) mass is 427 g/mol. The van der Waals surface area contributed by atoms with Crippen molar-refractivity contribution in [3.05, 3.63) is 58.9 Å². The second-order valence-corrected chi connectivity index (χ2v) is 8.65. The van der Waals surface area contributed by atoms with Crippen molar-refractivity contribution >= 4 is 5.91 Å². The number of amides is 1. The van der Waals surface area contributed by atoms with Crippen LogP contribution in [0.5, 0.6) is 11.5 Å². The van der Waals surface area contributed by atoms with Crippen LogP contribution in [-0.4, -0.2) is 33.2 Å². The number of fused-ring (bicyclic) bond motifs is 1. The van der Waals surface area contributed by atoms with Crippen LogP contribution >= 0.6 is 0 Å². The first kappa shape index (κ1) is 21.6. The minimum Gasteiger partial charge on any atom is -0.493 e. The first-order chi connectivity index (χ1) is 15.1. The highest BCUT2D eigenvalue weighted by Gasteiger charge is 2.34. The largest absolute Gasteiger partial charge is 0.493 e. The third-order valence-electron chi connectivity index (χ3n) is 6.78. The molecule has 1 aliphatic heterocycles. The Labute approximate surface area is 183 Å². The molecule has 1 amide bonds. The number of quaternary nitrogens is 1. The maximum absolute atomic E-state index is 13.4. The van der Waals surface area contributed by atoms with Gasteiger partial charge in [-0.05, 0) is 42.7 Å². The number of hydrogen-bond donors (Lipinski definition) is 2. The molecule has 1 unspecified atom stereocenters. The van der Waals surface area contributed by atoms with Crippen LogP contribution in [0.15, 0.2) is 36.4 Å². The smallest absolute Gasteiger partial charge is 0.223 e. The molecule has 0 saturated heterocycles. The van der Waals surface area contributed by atoms with Crippen molar-refractivity contribution in [3.8, 4) is 11.5 Å². The summed E-state index contributed by atoms with van der Waals surface area (Å²) >= 11 is 0. The van der Waals surface area contributed by atoms with Gasteiger partial charge in [0.2, 0.25) is 5.91 Å². The summed E-state index contributed by atoms with van der Waals surface area (Å²) in [5.41, 5.74) is 3.51. The number of hydrogen-bond acceptors (Lipinski definition) is 3. The normalized spacial score (nSPS) is 20.9. The zero-order chi connectivity index (χ0) is 21.8. The van der Waals surface area contributed by atoms with Crippen molar-refractivity contribution in [1.29, 1.82) is 0 Å². The molecule has 5 nitrogen and oxygen atoms in total. The van der Waals surface area contributed by atoms with Crippen LogP contribution in [0.25, 0.3) is 0 Å². The van der Waals surface area contributed by atoms with E-state index in [2.05, 4.69) is 17.4 Å². The minimum atomic E-state index is -0.222. The van der Waals surface area contributed by atoms with Crippen LogP contribution in [0, 0.1) is 11.7 Å². The highest BCUT2D eigenvalue weighted by Crippen LogP contribution is 2.34. The van der Waals surface area contributed by atoms with Gasteiger partial charge >= 0.3 is 0 Å². The third-order valence-corrected chi connectivity index (χ3v) is 6.78. The number of carbonyl (C=O) groups is 1. The molecule has 2 aliphatic rings. The van der Waals surface area contributed by atoms with E-state index in [1.807, 2.05) is 12.1 Å². The molecule has 2 aromatic rings. The highest BCUT2D eigenvalue weighted by molar-refractivity contribution is 5.78. The molecule has 0 bridgehead atoms. The minimum absolute atomic E-state index is 0.0963. The molecular formula is C25H32FN2O3+. The van der Waals surface area contributed by atoms with Crippen molar-refractivity contribution in [2.24, 2.45) is 5.92 Å². The number of methoxy groups -OCH3 is 2. The second kappa shape index (κ2) is 9.69. The van der Waals surface area contributed by atoms with Gasteiger partial charge in [-0.3, -0.25) is 4.79 Å². The Hall–Kier alpha value is -2.60. The average Bonchev–Trinajstić information content (AvgIpc) is 3.33. The van der Waals surface area contributed by atoms with Gasteiger partial charge in [-0.15, -0.1) is 0 Å². The van der Waals surface area contributed by atoms with Crippen molar-refractivity contribution in [2.45, 2.75) is 44.7 Å². The van der Waals surface area contributed by atoms with Gasteiger partial charge in [0.15, 0.2) is 11.5 Å². The van der Waals surface area contributed by atoms with Gasteiger partial charge in [-0.2, -0.15) is 0 Å². The Morgan fingerprint density at radius 1 is 1.10 bits per heavy atom. The SMILES string of the molecule is COc1cc2c(cc1OC)[C@@H](CNC(=O)C1CCCC1)[NH+](Cc1ccc(F)cc1)CC2. The lowest BCUT2D eigenvalue weighted by Crippen LogP contribution is -3.12.